The summed E-state index contributed by atoms with van der Waals surface area (Å²) in [7, 11) is 3.04. The van der Waals surface area contributed by atoms with Crippen LogP contribution >= 0.6 is 11.6 Å². The third kappa shape index (κ3) is 5.16. The molecule has 0 aromatic heterocycles. The second kappa shape index (κ2) is 9.51. The zero-order valence-corrected chi connectivity index (χ0v) is 16.0. The molecule has 0 aliphatic rings. The number of nitrogens with one attached hydrogen (secondary N) is 1. The topological polar surface area (TPSA) is 80.6 Å². The number of nitrogens with zero attached hydrogens (tertiary/aromatic N) is 1. The molecule has 0 bridgehead atoms. The second-order valence-electron chi connectivity index (χ2n) is 5.32. The third-order valence-corrected chi connectivity index (χ3v) is 3.84. The van der Waals surface area contributed by atoms with Crippen molar-refractivity contribution < 1.29 is 19.0 Å². The Balaban J connectivity index is 2.28. The molecule has 0 unspecified atom stereocenters. The highest BCUT2D eigenvalue weighted by molar-refractivity contribution is 6.32. The van der Waals surface area contributed by atoms with Crippen LogP contribution in [0.25, 0.3) is 6.08 Å². The summed E-state index contributed by atoms with van der Waals surface area (Å²) in [6.45, 7) is 2.25. The van der Waals surface area contributed by atoms with Crippen LogP contribution in [0.1, 0.15) is 12.5 Å². The number of hydrogen-bond donors (Lipinski definition) is 1. The van der Waals surface area contributed by atoms with Gasteiger partial charge in [0.15, 0.2) is 11.5 Å². The van der Waals surface area contributed by atoms with E-state index in [1.807, 2.05) is 13.0 Å². The lowest BCUT2D eigenvalue weighted by Crippen LogP contribution is -2.13. The van der Waals surface area contributed by atoms with Crippen molar-refractivity contribution in [2.24, 2.45) is 0 Å². The van der Waals surface area contributed by atoms with Gasteiger partial charge in [0.1, 0.15) is 17.4 Å². The first-order chi connectivity index (χ1) is 13.0. The van der Waals surface area contributed by atoms with Crippen molar-refractivity contribution >= 4 is 29.3 Å². The van der Waals surface area contributed by atoms with Crippen LogP contribution in [0.15, 0.2) is 42.0 Å². The zero-order chi connectivity index (χ0) is 19.8. The maximum Gasteiger partial charge on any atom is 0.266 e. The molecule has 0 aliphatic carbocycles. The summed E-state index contributed by atoms with van der Waals surface area (Å²) in [4.78, 5) is 12.4. The molecule has 0 spiro atoms. The van der Waals surface area contributed by atoms with E-state index in [4.69, 9.17) is 25.8 Å². The average molecular weight is 387 g/mol. The fraction of sp³-hybridized carbons (Fsp3) is 0.200. The largest absolute Gasteiger partial charge is 0.497 e. The Morgan fingerprint density at radius 1 is 1.22 bits per heavy atom. The van der Waals surface area contributed by atoms with Gasteiger partial charge in [-0.1, -0.05) is 11.6 Å². The number of methoxy groups -OCH3 is 2. The first-order valence-electron chi connectivity index (χ1n) is 8.09. The highest BCUT2D eigenvalue weighted by Gasteiger charge is 2.14. The van der Waals surface area contributed by atoms with Gasteiger partial charge in [0, 0.05) is 5.69 Å². The molecule has 0 aliphatic heterocycles. The van der Waals surface area contributed by atoms with Gasteiger partial charge >= 0.3 is 0 Å². The number of nitriles is 1. The molecule has 0 heterocycles. The number of anilines is 1. The molecular formula is C20H19ClN2O4. The van der Waals surface area contributed by atoms with Crippen molar-refractivity contribution in [1.82, 2.24) is 0 Å². The predicted molar refractivity (Wildman–Crippen MR) is 104 cm³/mol. The lowest BCUT2D eigenvalue weighted by molar-refractivity contribution is -0.112. The summed E-state index contributed by atoms with van der Waals surface area (Å²) < 4.78 is 15.8. The summed E-state index contributed by atoms with van der Waals surface area (Å²) in [6, 6.07) is 11.9. The molecule has 0 fully saturated rings. The van der Waals surface area contributed by atoms with Gasteiger partial charge in [-0.3, -0.25) is 4.79 Å². The molecule has 0 radical (unpaired) electrons. The van der Waals surface area contributed by atoms with Crippen molar-refractivity contribution in [2.75, 3.05) is 26.1 Å². The van der Waals surface area contributed by atoms with E-state index >= 15 is 0 Å². The maximum atomic E-state index is 12.4. The predicted octanol–water partition coefficient (Wildman–Crippen LogP) is 4.30. The lowest BCUT2D eigenvalue weighted by Gasteiger charge is -2.12. The molecule has 140 valence electrons. The molecule has 0 saturated carbocycles. The van der Waals surface area contributed by atoms with Gasteiger partial charge in [-0.2, -0.15) is 5.26 Å². The van der Waals surface area contributed by atoms with Gasteiger partial charge in [-0.15, -0.1) is 0 Å². The van der Waals surface area contributed by atoms with Gasteiger partial charge in [0.05, 0.1) is 25.8 Å². The number of ether oxygens (including phenoxy) is 3. The number of benzene rings is 2. The molecule has 2 rings (SSSR count). The maximum absolute atomic E-state index is 12.4. The smallest absolute Gasteiger partial charge is 0.266 e. The van der Waals surface area contributed by atoms with Gasteiger partial charge in [-0.05, 0) is 55.0 Å². The van der Waals surface area contributed by atoms with E-state index in [9.17, 15) is 10.1 Å². The summed E-state index contributed by atoms with van der Waals surface area (Å²) in [5, 5.41) is 12.4. The number of carbonyl (C=O) groups excluding carboxylic acids is 1. The highest BCUT2D eigenvalue weighted by Crippen LogP contribution is 2.37. The Bertz CT molecular complexity index is 886. The van der Waals surface area contributed by atoms with E-state index < -0.39 is 5.91 Å². The molecule has 6 nitrogen and oxygen atoms in total. The number of halogens is 1. The van der Waals surface area contributed by atoms with Crippen molar-refractivity contribution in [3.8, 4) is 23.3 Å². The minimum absolute atomic E-state index is 0.0745. The standard InChI is InChI=1S/C20H19ClN2O4/c1-4-27-18-11-13(10-17(21)19(18)26-3)9-14(12-22)20(24)23-15-5-7-16(25-2)8-6-15/h5-11H,4H2,1-3H3,(H,23,24)/b14-9+. The van der Waals surface area contributed by atoms with Crippen LogP contribution < -0.4 is 19.5 Å². The fourth-order valence-electron chi connectivity index (χ4n) is 2.32. The van der Waals surface area contributed by atoms with Crippen LogP contribution in [-0.4, -0.2) is 26.7 Å². The monoisotopic (exact) mass is 386 g/mol. The molecular weight excluding hydrogens is 368 g/mol. The van der Waals surface area contributed by atoms with Crippen LogP contribution in [0.3, 0.4) is 0 Å². The van der Waals surface area contributed by atoms with Crippen LogP contribution in [-0.2, 0) is 4.79 Å². The molecule has 1 N–H and O–H groups in total. The fourth-order valence-corrected chi connectivity index (χ4v) is 2.62. The molecule has 2 aromatic carbocycles. The number of rotatable bonds is 7. The van der Waals surface area contributed by atoms with Crippen LogP contribution in [0, 0.1) is 11.3 Å². The van der Waals surface area contributed by atoms with E-state index in [2.05, 4.69) is 5.32 Å². The quantitative estimate of drug-likeness (QED) is 0.566. The number of carbonyl (C=O) groups is 1. The van der Waals surface area contributed by atoms with Gasteiger partial charge in [0.2, 0.25) is 0 Å². The van der Waals surface area contributed by atoms with E-state index in [0.29, 0.717) is 40.1 Å². The molecule has 1 amide bonds. The van der Waals surface area contributed by atoms with Crippen molar-refractivity contribution in [2.45, 2.75) is 6.92 Å². The Kier molecular flexibility index (Phi) is 7.09. The van der Waals surface area contributed by atoms with Gasteiger partial charge in [-0.25, -0.2) is 0 Å². The van der Waals surface area contributed by atoms with E-state index in [1.165, 1.54) is 13.2 Å². The Labute approximate surface area is 162 Å². The Morgan fingerprint density at radius 2 is 1.93 bits per heavy atom. The van der Waals surface area contributed by atoms with Crippen molar-refractivity contribution in [3.63, 3.8) is 0 Å². The Morgan fingerprint density at radius 3 is 2.48 bits per heavy atom. The summed E-state index contributed by atoms with van der Waals surface area (Å²) in [5.41, 5.74) is 1.02. The second-order valence-corrected chi connectivity index (χ2v) is 5.73. The zero-order valence-electron chi connectivity index (χ0n) is 15.2. The minimum Gasteiger partial charge on any atom is -0.497 e. The average Bonchev–Trinajstić information content (AvgIpc) is 2.66. The van der Waals surface area contributed by atoms with E-state index in [-0.39, 0.29) is 5.57 Å². The molecule has 2 aromatic rings. The summed E-state index contributed by atoms with van der Waals surface area (Å²) in [6.07, 6.45) is 1.44. The third-order valence-electron chi connectivity index (χ3n) is 3.56. The normalized spacial score (nSPS) is 10.7. The molecule has 7 heteroatoms. The van der Waals surface area contributed by atoms with Crippen LogP contribution in [0.2, 0.25) is 5.02 Å². The summed E-state index contributed by atoms with van der Waals surface area (Å²) >= 11 is 6.21. The van der Waals surface area contributed by atoms with E-state index in [0.717, 1.165) is 0 Å². The van der Waals surface area contributed by atoms with Crippen molar-refractivity contribution in [3.05, 3.63) is 52.6 Å². The van der Waals surface area contributed by atoms with Crippen molar-refractivity contribution in [1.29, 1.82) is 5.26 Å². The first-order valence-corrected chi connectivity index (χ1v) is 8.47. The van der Waals surface area contributed by atoms with E-state index in [1.54, 1.807) is 43.5 Å². The van der Waals surface area contributed by atoms with Crippen LogP contribution in [0.5, 0.6) is 17.2 Å². The SMILES string of the molecule is CCOc1cc(/C=C(\C#N)C(=O)Nc2ccc(OC)cc2)cc(Cl)c1OC. The number of amides is 1. The minimum atomic E-state index is -0.535. The molecule has 27 heavy (non-hydrogen) atoms. The lowest BCUT2D eigenvalue weighted by atomic mass is 10.1. The highest BCUT2D eigenvalue weighted by atomic mass is 35.5. The first kappa shape index (κ1) is 20.1. The summed E-state index contributed by atoms with van der Waals surface area (Å²) in [5.74, 6) is 0.969. The molecule has 0 atom stereocenters. The van der Waals surface area contributed by atoms with Crippen LogP contribution in [0.4, 0.5) is 5.69 Å². The van der Waals surface area contributed by atoms with Gasteiger partial charge in [0.25, 0.3) is 5.91 Å². The Hall–Kier alpha value is -3.17. The number of hydrogen-bond acceptors (Lipinski definition) is 5. The molecule has 0 saturated heterocycles. The van der Waals surface area contributed by atoms with Gasteiger partial charge < -0.3 is 19.5 Å².